The largest absolute Gasteiger partial charge is 0.488 e. The fourth-order valence-corrected chi connectivity index (χ4v) is 1.44. The van der Waals surface area contributed by atoms with Crippen LogP contribution in [-0.4, -0.2) is 6.61 Å². The summed E-state index contributed by atoms with van der Waals surface area (Å²) < 4.78 is 5.59. The maximum absolute atomic E-state index is 5.99. The molecular formula is C13H16Cl2O. The third-order valence-corrected chi connectivity index (χ3v) is 2.89. The Kier molecular flexibility index (Phi) is 4.28. The molecule has 16 heavy (non-hydrogen) atoms. The minimum atomic E-state index is 0.0406. The molecular weight excluding hydrogens is 243 g/mol. The Hall–Kier alpha value is -0.660. The molecule has 0 spiro atoms. The van der Waals surface area contributed by atoms with E-state index in [0.29, 0.717) is 22.4 Å². The monoisotopic (exact) mass is 258 g/mol. The van der Waals surface area contributed by atoms with Crippen molar-refractivity contribution in [2.24, 2.45) is 5.41 Å². The van der Waals surface area contributed by atoms with Crippen LogP contribution in [0.15, 0.2) is 30.4 Å². The molecule has 3 heteroatoms. The molecule has 0 aromatic heterocycles. The van der Waals surface area contributed by atoms with Crippen molar-refractivity contribution >= 4 is 23.2 Å². The van der Waals surface area contributed by atoms with E-state index in [2.05, 4.69) is 27.4 Å². The van der Waals surface area contributed by atoms with Gasteiger partial charge in [-0.2, -0.15) is 0 Å². The van der Waals surface area contributed by atoms with E-state index in [0.717, 1.165) is 5.57 Å². The molecule has 1 nitrogen and oxygen atoms in total. The van der Waals surface area contributed by atoms with E-state index in [1.807, 2.05) is 0 Å². The lowest BCUT2D eigenvalue weighted by atomic mass is 9.88. The molecule has 0 bridgehead atoms. The van der Waals surface area contributed by atoms with E-state index in [-0.39, 0.29) is 5.41 Å². The Morgan fingerprint density at radius 2 is 1.94 bits per heavy atom. The number of hydrogen-bond donors (Lipinski definition) is 0. The van der Waals surface area contributed by atoms with Gasteiger partial charge in [-0.1, -0.05) is 50.6 Å². The maximum Gasteiger partial charge on any atom is 0.138 e. The third-order valence-electron chi connectivity index (χ3n) is 2.36. The molecule has 0 atom stereocenters. The van der Waals surface area contributed by atoms with E-state index in [1.54, 1.807) is 18.2 Å². The number of ether oxygens (including phenoxy) is 1. The molecule has 0 aliphatic rings. The maximum atomic E-state index is 5.99. The van der Waals surface area contributed by atoms with Gasteiger partial charge in [-0.3, -0.25) is 0 Å². The molecule has 0 saturated heterocycles. The lowest BCUT2D eigenvalue weighted by Gasteiger charge is -2.22. The fourth-order valence-electron chi connectivity index (χ4n) is 0.974. The van der Waals surface area contributed by atoms with Crippen LogP contribution in [0.4, 0.5) is 0 Å². The molecule has 1 aromatic rings. The average Bonchev–Trinajstić information content (AvgIpc) is 2.14. The zero-order valence-electron chi connectivity index (χ0n) is 9.81. The number of halogens is 2. The van der Waals surface area contributed by atoms with Gasteiger partial charge in [0.05, 0.1) is 5.02 Å². The topological polar surface area (TPSA) is 9.23 Å². The molecule has 1 aromatic carbocycles. The van der Waals surface area contributed by atoms with Crippen LogP contribution >= 0.6 is 23.2 Å². The quantitative estimate of drug-likeness (QED) is 0.696. The van der Waals surface area contributed by atoms with Gasteiger partial charge in [0.1, 0.15) is 12.4 Å². The van der Waals surface area contributed by atoms with Crippen LogP contribution in [0, 0.1) is 5.41 Å². The summed E-state index contributed by atoms with van der Waals surface area (Å²) >= 11 is 11.8. The van der Waals surface area contributed by atoms with Crippen molar-refractivity contribution in [3.63, 3.8) is 0 Å². The molecule has 0 amide bonds. The van der Waals surface area contributed by atoms with Gasteiger partial charge in [-0.15, -0.1) is 0 Å². The van der Waals surface area contributed by atoms with Crippen LogP contribution in [0.1, 0.15) is 20.8 Å². The second kappa shape index (κ2) is 5.11. The highest BCUT2D eigenvalue weighted by Crippen LogP contribution is 2.29. The van der Waals surface area contributed by atoms with E-state index >= 15 is 0 Å². The SMILES string of the molecule is C=C(COc1ccc(Cl)cc1Cl)C(C)(C)C. The van der Waals surface area contributed by atoms with Gasteiger partial charge >= 0.3 is 0 Å². The summed E-state index contributed by atoms with van der Waals surface area (Å²) in [5, 5.41) is 1.13. The summed E-state index contributed by atoms with van der Waals surface area (Å²) in [5.41, 5.74) is 1.07. The van der Waals surface area contributed by atoms with Crippen molar-refractivity contribution in [2.75, 3.05) is 6.61 Å². The normalized spacial score (nSPS) is 11.3. The number of benzene rings is 1. The minimum absolute atomic E-state index is 0.0406. The summed E-state index contributed by atoms with van der Waals surface area (Å²) in [7, 11) is 0. The summed E-state index contributed by atoms with van der Waals surface area (Å²) in [6.45, 7) is 10.8. The molecule has 0 aliphatic heterocycles. The first-order valence-electron chi connectivity index (χ1n) is 5.07. The van der Waals surface area contributed by atoms with Crippen molar-refractivity contribution in [3.8, 4) is 5.75 Å². The highest BCUT2D eigenvalue weighted by molar-refractivity contribution is 6.35. The highest BCUT2D eigenvalue weighted by atomic mass is 35.5. The Morgan fingerprint density at radius 3 is 2.44 bits per heavy atom. The Labute approximate surface area is 107 Å². The van der Waals surface area contributed by atoms with Crippen molar-refractivity contribution in [3.05, 3.63) is 40.4 Å². The van der Waals surface area contributed by atoms with Crippen molar-refractivity contribution in [1.82, 2.24) is 0 Å². The van der Waals surface area contributed by atoms with Crippen molar-refractivity contribution < 1.29 is 4.74 Å². The molecule has 88 valence electrons. The van der Waals surface area contributed by atoms with Gasteiger partial charge in [-0.25, -0.2) is 0 Å². The van der Waals surface area contributed by atoms with Crippen LogP contribution in [0.3, 0.4) is 0 Å². The van der Waals surface area contributed by atoms with Gasteiger partial charge in [0, 0.05) is 5.02 Å². The smallest absolute Gasteiger partial charge is 0.138 e. The Bertz CT molecular complexity index is 391. The van der Waals surface area contributed by atoms with Gasteiger partial charge in [0.2, 0.25) is 0 Å². The summed E-state index contributed by atoms with van der Waals surface area (Å²) in [5.74, 6) is 0.636. The summed E-state index contributed by atoms with van der Waals surface area (Å²) in [6.07, 6.45) is 0. The van der Waals surface area contributed by atoms with Crippen LogP contribution < -0.4 is 4.74 Å². The standard InChI is InChI=1S/C13H16Cl2O/c1-9(13(2,3)4)8-16-12-6-5-10(14)7-11(12)15/h5-7H,1,8H2,2-4H3. The predicted octanol–water partition coefficient (Wildman–Crippen LogP) is 4.97. The van der Waals surface area contributed by atoms with E-state index in [1.165, 1.54) is 0 Å². The molecule has 0 heterocycles. The van der Waals surface area contributed by atoms with E-state index in [4.69, 9.17) is 27.9 Å². The number of rotatable bonds is 3. The zero-order chi connectivity index (χ0) is 12.3. The molecule has 0 N–H and O–H groups in total. The predicted molar refractivity (Wildman–Crippen MR) is 70.6 cm³/mol. The van der Waals surface area contributed by atoms with Gasteiger partial charge in [0.15, 0.2) is 0 Å². The summed E-state index contributed by atoms with van der Waals surface area (Å²) in [6, 6.07) is 5.18. The zero-order valence-corrected chi connectivity index (χ0v) is 11.3. The second-order valence-corrected chi connectivity index (χ2v) is 5.56. The van der Waals surface area contributed by atoms with Gasteiger partial charge in [0.25, 0.3) is 0 Å². The van der Waals surface area contributed by atoms with Crippen LogP contribution in [0.25, 0.3) is 0 Å². The van der Waals surface area contributed by atoms with Gasteiger partial charge < -0.3 is 4.74 Å². The van der Waals surface area contributed by atoms with Gasteiger partial charge in [-0.05, 0) is 29.2 Å². The minimum Gasteiger partial charge on any atom is -0.488 e. The second-order valence-electron chi connectivity index (χ2n) is 4.72. The highest BCUT2D eigenvalue weighted by Gasteiger charge is 2.15. The molecule has 0 aliphatic carbocycles. The van der Waals surface area contributed by atoms with Crippen LogP contribution in [0.5, 0.6) is 5.75 Å². The van der Waals surface area contributed by atoms with Crippen LogP contribution in [-0.2, 0) is 0 Å². The molecule has 1 rings (SSSR count). The summed E-state index contributed by atoms with van der Waals surface area (Å²) in [4.78, 5) is 0. The average molecular weight is 259 g/mol. The molecule has 0 fully saturated rings. The lowest BCUT2D eigenvalue weighted by molar-refractivity contribution is 0.316. The Balaban J connectivity index is 2.65. The van der Waals surface area contributed by atoms with E-state index in [9.17, 15) is 0 Å². The molecule has 0 unspecified atom stereocenters. The number of hydrogen-bond acceptors (Lipinski definition) is 1. The first kappa shape index (κ1) is 13.4. The Morgan fingerprint density at radius 1 is 1.31 bits per heavy atom. The fraction of sp³-hybridized carbons (Fsp3) is 0.385. The molecule has 0 radical (unpaired) electrons. The first-order chi connectivity index (χ1) is 7.30. The van der Waals surface area contributed by atoms with Crippen molar-refractivity contribution in [1.29, 1.82) is 0 Å². The lowest BCUT2D eigenvalue weighted by Crippen LogP contribution is -2.15. The van der Waals surface area contributed by atoms with E-state index < -0.39 is 0 Å². The van der Waals surface area contributed by atoms with Crippen molar-refractivity contribution in [2.45, 2.75) is 20.8 Å². The first-order valence-corrected chi connectivity index (χ1v) is 5.82. The third kappa shape index (κ3) is 3.73. The molecule has 0 saturated carbocycles. The van der Waals surface area contributed by atoms with Crippen LogP contribution in [0.2, 0.25) is 10.0 Å².